The van der Waals surface area contributed by atoms with E-state index in [1.807, 2.05) is 6.92 Å². The van der Waals surface area contributed by atoms with Crippen molar-refractivity contribution in [1.82, 2.24) is 5.01 Å². The fourth-order valence-electron chi connectivity index (χ4n) is 1.82. The van der Waals surface area contributed by atoms with Crippen LogP contribution in [0.25, 0.3) is 0 Å². The van der Waals surface area contributed by atoms with E-state index in [9.17, 15) is 0 Å². The van der Waals surface area contributed by atoms with Crippen LogP contribution in [0, 0.1) is 0 Å². The molecule has 2 N–H and O–H groups in total. The zero-order valence-electron chi connectivity index (χ0n) is 8.95. The SMILES string of the molecule is CC/C(N)=N/N1C(C)CCCC1C. The van der Waals surface area contributed by atoms with Crippen molar-refractivity contribution < 1.29 is 0 Å². The first-order valence-electron chi connectivity index (χ1n) is 5.26. The summed E-state index contributed by atoms with van der Waals surface area (Å²) in [6.45, 7) is 6.49. The Kier molecular flexibility index (Phi) is 3.58. The number of piperidine rings is 1. The van der Waals surface area contributed by atoms with Crippen LogP contribution < -0.4 is 5.73 Å². The minimum Gasteiger partial charge on any atom is -0.386 e. The molecule has 2 atom stereocenters. The van der Waals surface area contributed by atoms with E-state index < -0.39 is 0 Å². The van der Waals surface area contributed by atoms with Crippen molar-refractivity contribution in [2.45, 2.75) is 58.5 Å². The molecule has 1 heterocycles. The Hall–Kier alpha value is -0.730. The molecule has 0 aromatic heterocycles. The molecule has 0 amide bonds. The highest BCUT2D eigenvalue weighted by Crippen LogP contribution is 2.22. The van der Waals surface area contributed by atoms with Crippen molar-refractivity contribution in [2.75, 3.05) is 0 Å². The van der Waals surface area contributed by atoms with Crippen LogP contribution in [0.1, 0.15) is 46.5 Å². The summed E-state index contributed by atoms with van der Waals surface area (Å²) in [5, 5.41) is 6.61. The average Bonchev–Trinajstić information content (AvgIpc) is 2.11. The van der Waals surface area contributed by atoms with Gasteiger partial charge < -0.3 is 5.73 Å². The first kappa shape index (κ1) is 10.4. The van der Waals surface area contributed by atoms with Gasteiger partial charge in [0, 0.05) is 18.5 Å². The smallest absolute Gasteiger partial charge is 0.119 e. The van der Waals surface area contributed by atoms with Gasteiger partial charge in [0.25, 0.3) is 0 Å². The highest BCUT2D eigenvalue weighted by atomic mass is 15.5. The predicted octanol–water partition coefficient (Wildman–Crippen LogP) is 1.93. The van der Waals surface area contributed by atoms with E-state index in [1.54, 1.807) is 0 Å². The molecule has 76 valence electrons. The quantitative estimate of drug-likeness (QED) is 0.525. The van der Waals surface area contributed by atoms with Crippen LogP contribution in [-0.2, 0) is 0 Å². The first-order valence-corrected chi connectivity index (χ1v) is 5.26. The normalized spacial score (nSPS) is 30.7. The van der Waals surface area contributed by atoms with Crippen molar-refractivity contribution in [3.63, 3.8) is 0 Å². The molecular weight excluding hydrogens is 162 g/mol. The number of rotatable bonds is 2. The molecule has 1 aliphatic heterocycles. The molecule has 0 saturated carbocycles. The molecule has 13 heavy (non-hydrogen) atoms. The second kappa shape index (κ2) is 4.49. The van der Waals surface area contributed by atoms with E-state index in [0.29, 0.717) is 12.1 Å². The maximum atomic E-state index is 5.74. The van der Waals surface area contributed by atoms with Gasteiger partial charge in [0.1, 0.15) is 5.84 Å². The second-order valence-electron chi connectivity index (χ2n) is 3.95. The van der Waals surface area contributed by atoms with Crippen molar-refractivity contribution in [1.29, 1.82) is 0 Å². The van der Waals surface area contributed by atoms with Crippen LogP contribution in [-0.4, -0.2) is 22.9 Å². The predicted molar refractivity (Wildman–Crippen MR) is 56.5 cm³/mol. The third kappa shape index (κ3) is 2.61. The molecular formula is C10H21N3. The van der Waals surface area contributed by atoms with Gasteiger partial charge in [-0.1, -0.05) is 6.92 Å². The van der Waals surface area contributed by atoms with Crippen molar-refractivity contribution in [2.24, 2.45) is 10.8 Å². The number of hydrogen-bond acceptors (Lipinski definition) is 2. The lowest BCUT2D eigenvalue weighted by Crippen LogP contribution is -2.41. The summed E-state index contributed by atoms with van der Waals surface area (Å²) in [6.07, 6.45) is 4.64. The largest absolute Gasteiger partial charge is 0.386 e. The summed E-state index contributed by atoms with van der Waals surface area (Å²) in [5.41, 5.74) is 5.74. The zero-order chi connectivity index (χ0) is 9.84. The molecule has 0 radical (unpaired) electrons. The van der Waals surface area contributed by atoms with Gasteiger partial charge in [-0.3, -0.25) is 5.01 Å². The summed E-state index contributed by atoms with van der Waals surface area (Å²) >= 11 is 0. The van der Waals surface area contributed by atoms with Gasteiger partial charge in [-0.2, -0.15) is 5.10 Å². The molecule has 1 rings (SSSR count). The number of amidine groups is 1. The Labute approximate surface area is 81.0 Å². The molecule has 0 aromatic rings. The molecule has 3 heteroatoms. The van der Waals surface area contributed by atoms with Gasteiger partial charge in [-0.05, 0) is 33.1 Å². The van der Waals surface area contributed by atoms with Gasteiger partial charge in [-0.25, -0.2) is 0 Å². The average molecular weight is 183 g/mol. The van der Waals surface area contributed by atoms with Gasteiger partial charge in [-0.15, -0.1) is 0 Å². The Morgan fingerprint density at radius 1 is 1.38 bits per heavy atom. The van der Waals surface area contributed by atoms with Gasteiger partial charge in [0.05, 0.1) is 0 Å². The van der Waals surface area contributed by atoms with Crippen LogP contribution >= 0.6 is 0 Å². The van der Waals surface area contributed by atoms with Crippen molar-refractivity contribution in [3.8, 4) is 0 Å². The fraction of sp³-hybridized carbons (Fsp3) is 0.900. The lowest BCUT2D eigenvalue weighted by atomic mass is 10.00. The molecule has 0 aliphatic carbocycles. The fourth-order valence-corrected chi connectivity index (χ4v) is 1.82. The molecule has 0 aromatic carbocycles. The Bertz CT molecular complexity index is 179. The van der Waals surface area contributed by atoms with E-state index >= 15 is 0 Å². The lowest BCUT2D eigenvalue weighted by molar-refractivity contribution is 0.108. The molecule has 2 unspecified atom stereocenters. The minimum atomic E-state index is 0.550. The molecule has 1 aliphatic rings. The van der Waals surface area contributed by atoms with Crippen LogP contribution in [0.4, 0.5) is 0 Å². The van der Waals surface area contributed by atoms with E-state index in [-0.39, 0.29) is 0 Å². The Morgan fingerprint density at radius 3 is 2.38 bits per heavy atom. The van der Waals surface area contributed by atoms with E-state index in [4.69, 9.17) is 5.73 Å². The summed E-state index contributed by atoms with van der Waals surface area (Å²) in [6, 6.07) is 1.10. The van der Waals surface area contributed by atoms with Crippen molar-refractivity contribution >= 4 is 5.84 Å². The zero-order valence-corrected chi connectivity index (χ0v) is 8.95. The van der Waals surface area contributed by atoms with Crippen molar-refractivity contribution in [3.05, 3.63) is 0 Å². The van der Waals surface area contributed by atoms with Crippen LogP contribution in [0.5, 0.6) is 0 Å². The monoisotopic (exact) mass is 183 g/mol. The van der Waals surface area contributed by atoms with E-state index in [2.05, 4.69) is 24.0 Å². The summed E-state index contributed by atoms with van der Waals surface area (Å²) in [5.74, 6) is 0.751. The maximum absolute atomic E-state index is 5.74. The molecule has 3 nitrogen and oxygen atoms in total. The second-order valence-corrected chi connectivity index (χ2v) is 3.95. The molecule has 1 saturated heterocycles. The summed E-state index contributed by atoms with van der Waals surface area (Å²) in [4.78, 5) is 0. The first-order chi connectivity index (χ1) is 6.15. The highest BCUT2D eigenvalue weighted by molar-refractivity contribution is 5.79. The number of nitrogens with zero attached hydrogens (tertiary/aromatic N) is 2. The summed E-state index contributed by atoms with van der Waals surface area (Å²) in [7, 11) is 0. The molecule has 0 bridgehead atoms. The number of hydrazone groups is 1. The molecule has 0 spiro atoms. The lowest BCUT2D eigenvalue weighted by Gasteiger charge is -2.36. The van der Waals surface area contributed by atoms with E-state index in [0.717, 1.165) is 12.3 Å². The standard InChI is InChI=1S/C10H21N3/c1-4-10(11)12-13-8(2)6-5-7-9(13)3/h8-9H,4-7H2,1-3H3,(H2,11,12). The van der Waals surface area contributed by atoms with Gasteiger partial charge in [0.2, 0.25) is 0 Å². The van der Waals surface area contributed by atoms with E-state index in [1.165, 1.54) is 19.3 Å². The molecule has 1 fully saturated rings. The third-order valence-electron chi connectivity index (χ3n) is 2.75. The van der Waals surface area contributed by atoms with Crippen LogP contribution in [0.3, 0.4) is 0 Å². The number of nitrogens with two attached hydrogens (primary N) is 1. The Balaban J connectivity index is 2.63. The Morgan fingerprint density at radius 2 is 1.92 bits per heavy atom. The van der Waals surface area contributed by atoms with Gasteiger partial charge >= 0.3 is 0 Å². The van der Waals surface area contributed by atoms with Crippen LogP contribution in [0.2, 0.25) is 0 Å². The maximum Gasteiger partial charge on any atom is 0.119 e. The van der Waals surface area contributed by atoms with Gasteiger partial charge in [0.15, 0.2) is 0 Å². The topological polar surface area (TPSA) is 41.6 Å². The number of hydrogen-bond donors (Lipinski definition) is 1. The summed E-state index contributed by atoms with van der Waals surface area (Å²) < 4.78 is 0. The minimum absolute atomic E-state index is 0.550. The third-order valence-corrected chi connectivity index (χ3v) is 2.75. The highest BCUT2D eigenvalue weighted by Gasteiger charge is 2.23. The van der Waals surface area contributed by atoms with Crippen LogP contribution in [0.15, 0.2) is 5.10 Å².